The van der Waals surface area contributed by atoms with Crippen molar-refractivity contribution in [3.63, 3.8) is 0 Å². The molecule has 2 aromatic rings. The SMILES string of the molecule is Cc1cc(F)ccc1OCc1nnsc1NN. The molecule has 0 aliphatic carbocycles. The van der Waals surface area contributed by atoms with E-state index in [4.69, 9.17) is 10.6 Å². The van der Waals surface area contributed by atoms with Crippen LogP contribution in [0.1, 0.15) is 11.3 Å². The molecule has 1 aromatic carbocycles. The summed E-state index contributed by atoms with van der Waals surface area (Å²) in [6, 6.07) is 4.35. The number of anilines is 1. The number of nitrogen functional groups attached to an aromatic ring is 1. The second-order valence-corrected chi connectivity index (χ2v) is 4.15. The number of benzene rings is 1. The van der Waals surface area contributed by atoms with E-state index in [0.29, 0.717) is 16.4 Å². The van der Waals surface area contributed by atoms with Crippen LogP contribution < -0.4 is 16.0 Å². The van der Waals surface area contributed by atoms with Gasteiger partial charge in [0.1, 0.15) is 23.9 Å². The van der Waals surface area contributed by atoms with Crippen LogP contribution in [0, 0.1) is 12.7 Å². The van der Waals surface area contributed by atoms with Gasteiger partial charge in [0.2, 0.25) is 0 Å². The lowest BCUT2D eigenvalue weighted by Gasteiger charge is -2.08. The Hall–Kier alpha value is -1.73. The minimum atomic E-state index is -0.283. The molecule has 3 N–H and O–H groups in total. The van der Waals surface area contributed by atoms with Crippen molar-refractivity contribution in [2.45, 2.75) is 13.5 Å². The maximum Gasteiger partial charge on any atom is 0.150 e. The zero-order chi connectivity index (χ0) is 12.3. The van der Waals surface area contributed by atoms with Crippen molar-refractivity contribution in [3.05, 3.63) is 35.3 Å². The van der Waals surface area contributed by atoms with E-state index in [1.807, 2.05) is 0 Å². The number of nitrogens with zero attached hydrogens (tertiary/aromatic N) is 2. The van der Waals surface area contributed by atoms with Crippen LogP contribution in [0.3, 0.4) is 0 Å². The summed E-state index contributed by atoms with van der Waals surface area (Å²) in [7, 11) is 0. The summed E-state index contributed by atoms with van der Waals surface area (Å²) < 4.78 is 22.1. The van der Waals surface area contributed by atoms with Gasteiger partial charge in [0.05, 0.1) is 0 Å². The zero-order valence-electron chi connectivity index (χ0n) is 9.11. The van der Waals surface area contributed by atoms with E-state index < -0.39 is 0 Å². The topological polar surface area (TPSA) is 73.1 Å². The largest absolute Gasteiger partial charge is 0.487 e. The molecule has 7 heteroatoms. The van der Waals surface area contributed by atoms with Gasteiger partial charge < -0.3 is 10.2 Å². The van der Waals surface area contributed by atoms with E-state index in [1.54, 1.807) is 13.0 Å². The maximum absolute atomic E-state index is 12.9. The predicted molar refractivity (Wildman–Crippen MR) is 63.2 cm³/mol. The summed E-state index contributed by atoms with van der Waals surface area (Å²) in [5.41, 5.74) is 3.85. The van der Waals surface area contributed by atoms with E-state index in [9.17, 15) is 4.39 Å². The van der Waals surface area contributed by atoms with Gasteiger partial charge in [-0.15, -0.1) is 5.10 Å². The summed E-state index contributed by atoms with van der Waals surface area (Å²) in [5, 5.41) is 4.53. The normalized spacial score (nSPS) is 10.3. The monoisotopic (exact) mass is 254 g/mol. The first-order valence-electron chi connectivity index (χ1n) is 4.87. The van der Waals surface area contributed by atoms with Crippen molar-refractivity contribution >= 4 is 16.5 Å². The van der Waals surface area contributed by atoms with Crippen LogP contribution in [-0.4, -0.2) is 9.59 Å². The first-order valence-corrected chi connectivity index (χ1v) is 5.65. The molecule has 0 atom stereocenters. The smallest absolute Gasteiger partial charge is 0.150 e. The Labute approximate surface area is 102 Å². The molecule has 0 fully saturated rings. The lowest BCUT2D eigenvalue weighted by atomic mass is 10.2. The van der Waals surface area contributed by atoms with Gasteiger partial charge in [-0.25, -0.2) is 10.2 Å². The number of nitrogens with two attached hydrogens (primary N) is 1. The summed E-state index contributed by atoms with van der Waals surface area (Å²) in [5.74, 6) is 5.62. The second kappa shape index (κ2) is 5.07. The van der Waals surface area contributed by atoms with Crippen LogP contribution in [0.5, 0.6) is 5.75 Å². The van der Waals surface area contributed by atoms with Crippen molar-refractivity contribution in [1.82, 2.24) is 9.59 Å². The van der Waals surface area contributed by atoms with Crippen molar-refractivity contribution in [3.8, 4) is 5.75 Å². The lowest BCUT2D eigenvalue weighted by molar-refractivity contribution is 0.299. The van der Waals surface area contributed by atoms with Crippen LogP contribution in [0.4, 0.5) is 9.39 Å². The third-order valence-electron chi connectivity index (χ3n) is 2.19. The summed E-state index contributed by atoms with van der Waals surface area (Å²) in [6.07, 6.45) is 0. The number of hydrogen-bond acceptors (Lipinski definition) is 6. The molecule has 0 aliphatic heterocycles. The number of nitrogens with one attached hydrogen (secondary N) is 1. The van der Waals surface area contributed by atoms with E-state index >= 15 is 0 Å². The number of hydrazine groups is 1. The molecule has 0 spiro atoms. The maximum atomic E-state index is 12.9. The van der Waals surface area contributed by atoms with E-state index in [1.165, 1.54) is 12.1 Å². The molecule has 0 saturated carbocycles. The molecule has 2 rings (SSSR count). The Morgan fingerprint density at radius 2 is 2.35 bits per heavy atom. The van der Waals surface area contributed by atoms with Gasteiger partial charge in [0.15, 0.2) is 5.00 Å². The molecule has 0 unspecified atom stereocenters. The van der Waals surface area contributed by atoms with Gasteiger partial charge in [-0.3, -0.25) is 0 Å². The minimum Gasteiger partial charge on any atom is -0.487 e. The van der Waals surface area contributed by atoms with E-state index in [0.717, 1.165) is 17.1 Å². The molecule has 5 nitrogen and oxygen atoms in total. The summed E-state index contributed by atoms with van der Waals surface area (Å²) >= 11 is 1.15. The predicted octanol–water partition coefficient (Wildman–Crippen LogP) is 1.85. The van der Waals surface area contributed by atoms with E-state index in [-0.39, 0.29) is 12.4 Å². The molecule has 1 aromatic heterocycles. The molecule has 90 valence electrons. The third-order valence-corrected chi connectivity index (χ3v) is 2.89. The van der Waals surface area contributed by atoms with Crippen LogP contribution in [0.2, 0.25) is 0 Å². The molecule has 0 aliphatic rings. The highest BCUT2D eigenvalue weighted by molar-refractivity contribution is 7.10. The second-order valence-electron chi connectivity index (χ2n) is 3.39. The highest BCUT2D eigenvalue weighted by Gasteiger charge is 2.08. The highest BCUT2D eigenvalue weighted by Crippen LogP contribution is 2.22. The van der Waals surface area contributed by atoms with Crippen LogP contribution in [0.25, 0.3) is 0 Å². The first kappa shape index (κ1) is 11.7. The molecule has 0 amide bonds. The lowest BCUT2D eigenvalue weighted by Crippen LogP contribution is -2.08. The molecular weight excluding hydrogens is 243 g/mol. The molecular formula is C10H11FN4OS. The molecule has 0 radical (unpaired) electrons. The number of aromatic nitrogens is 2. The Kier molecular flexibility index (Phi) is 3.50. The molecule has 1 heterocycles. The van der Waals surface area contributed by atoms with Crippen LogP contribution in [-0.2, 0) is 6.61 Å². The molecule has 0 saturated heterocycles. The number of halogens is 1. The fraction of sp³-hybridized carbons (Fsp3) is 0.200. The Morgan fingerprint density at radius 3 is 3.06 bits per heavy atom. The summed E-state index contributed by atoms with van der Waals surface area (Å²) in [6.45, 7) is 2.02. The zero-order valence-corrected chi connectivity index (χ0v) is 9.92. The first-order chi connectivity index (χ1) is 8.20. The van der Waals surface area contributed by atoms with Gasteiger partial charge in [0, 0.05) is 11.5 Å². The Balaban J connectivity index is 2.07. The molecule has 17 heavy (non-hydrogen) atoms. The van der Waals surface area contributed by atoms with Crippen molar-refractivity contribution in [2.75, 3.05) is 5.43 Å². The number of ether oxygens (including phenoxy) is 1. The van der Waals surface area contributed by atoms with Crippen LogP contribution in [0.15, 0.2) is 18.2 Å². The number of aryl methyl sites for hydroxylation is 1. The average Bonchev–Trinajstić information content (AvgIpc) is 2.75. The Morgan fingerprint density at radius 1 is 1.53 bits per heavy atom. The van der Waals surface area contributed by atoms with Crippen LogP contribution >= 0.6 is 11.5 Å². The Bertz CT molecular complexity index is 517. The standard InChI is InChI=1S/C10H11FN4OS/c1-6-4-7(11)2-3-9(6)16-5-8-10(13-12)17-15-14-8/h2-4,13H,5,12H2,1H3. The van der Waals surface area contributed by atoms with Gasteiger partial charge in [-0.05, 0) is 30.7 Å². The highest BCUT2D eigenvalue weighted by atomic mass is 32.1. The van der Waals surface area contributed by atoms with E-state index in [2.05, 4.69) is 15.0 Å². The average molecular weight is 254 g/mol. The summed E-state index contributed by atoms with van der Waals surface area (Å²) in [4.78, 5) is 0. The van der Waals surface area contributed by atoms with Gasteiger partial charge in [-0.2, -0.15) is 0 Å². The fourth-order valence-corrected chi connectivity index (χ4v) is 1.81. The number of rotatable bonds is 4. The van der Waals surface area contributed by atoms with Crippen molar-refractivity contribution in [1.29, 1.82) is 0 Å². The fourth-order valence-electron chi connectivity index (χ4n) is 1.33. The quantitative estimate of drug-likeness (QED) is 0.643. The van der Waals surface area contributed by atoms with Gasteiger partial charge in [0.25, 0.3) is 0 Å². The van der Waals surface area contributed by atoms with Gasteiger partial charge >= 0.3 is 0 Å². The third kappa shape index (κ3) is 2.69. The van der Waals surface area contributed by atoms with Gasteiger partial charge in [-0.1, -0.05) is 4.49 Å². The number of hydrogen-bond donors (Lipinski definition) is 2. The van der Waals surface area contributed by atoms with Crippen molar-refractivity contribution < 1.29 is 9.13 Å². The molecule has 0 bridgehead atoms. The van der Waals surface area contributed by atoms with Crippen molar-refractivity contribution in [2.24, 2.45) is 5.84 Å². The minimum absolute atomic E-state index is 0.239.